The predicted octanol–water partition coefficient (Wildman–Crippen LogP) is 6.97. The highest BCUT2D eigenvalue weighted by atomic mass is 35.6. The van der Waals surface area contributed by atoms with E-state index in [1.165, 1.54) is 38.6 Å². The minimum Gasteiger partial charge on any atom is -0.496 e. The highest BCUT2D eigenvalue weighted by Crippen LogP contribution is 2.50. The summed E-state index contributed by atoms with van der Waals surface area (Å²) in [6.07, 6.45) is 0.957. The van der Waals surface area contributed by atoms with Gasteiger partial charge in [-0.05, 0) is 46.7 Å². The highest BCUT2D eigenvalue weighted by Gasteiger charge is 2.36. The smallest absolute Gasteiger partial charge is 0.181 e. The molecule has 138 valence electrons. The molecule has 0 N–H and O–H groups in total. The number of benzene rings is 2. The van der Waals surface area contributed by atoms with Crippen LogP contribution in [0.3, 0.4) is 0 Å². The maximum absolute atomic E-state index is 6.95. The molecule has 3 rings (SSSR count). The Kier molecular flexibility index (Phi) is 4.87. The molecule has 1 aliphatic rings. The molecule has 0 bridgehead atoms. The molecule has 0 aliphatic heterocycles. The van der Waals surface area contributed by atoms with Crippen molar-refractivity contribution in [1.82, 2.24) is 0 Å². The van der Waals surface area contributed by atoms with Gasteiger partial charge in [0.25, 0.3) is 0 Å². The molecule has 1 nitrogen and oxygen atoms in total. The second-order valence-corrected chi connectivity index (χ2v) is 15.1. The van der Waals surface area contributed by atoms with Gasteiger partial charge >= 0.3 is 0 Å². The van der Waals surface area contributed by atoms with Crippen LogP contribution in [0.25, 0.3) is 16.3 Å². The van der Waals surface area contributed by atoms with Crippen LogP contribution >= 0.6 is 11.1 Å². The number of rotatable bonds is 3. The zero-order valence-corrected chi connectivity index (χ0v) is 18.7. The van der Waals surface area contributed by atoms with Gasteiger partial charge in [-0.3, -0.25) is 0 Å². The molecular weight excluding hydrogens is 356 g/mol. The van der Waals surface area contributed by atoms with E-state index in [0.29, 0.717) is 0 Å². The van der Waals surface area contributed by atoms with Gasteiger partial charge in [0.2, 0.25) is 0 Å². The Hall–Kier alpha value is -1.51. The zero-order valence-electron chi connectivity index (χ0n) is 17.0. The minimum atomic E-state index is -1.96. The van der Waals surface area contributed by atoms with Crippen molar-refractivity contribution in [2.45, 2.75) is 52.6 Å². The average Bonchev–Trinajstić information content (AvgIpc) is 2.88. The Balaban J connectivity index is 2.42. The molecule has 2 aromatic rings. The molecule has 26 heavy (non-hydrogen) atoms. The number of fused-ring (bicyclic) bond motifs is 1. The molecule has 0 amide bonds. The van der Waals surface area contributed by atoms with E-state index in [0.717, 1.165) is 12.2 Å². The van der Waals surface area contributed by atoms with Crippen LogP contribution < -0.4 is 4.74 Å². The lowest BCUT2D eigenvalue weighted by Gasteiger charge is -2.28. The minimum absolute atomic E-state index is 0.0104. The van der Waals surface area contributed by atoms with Crippen molar-refractivity contribution >= 4 is 23.7 Å². The lowest BCUT2D eigenvalue weighted by atomic mass is 9.81. The van der Waals surface area contributed by atoms with E-state index in [1.807, 2.05) is 0 Å². The topological polar surface area (TPSA) is 9.23 Å². The second-order valence-electron chi connectivity index (χ2n) is 8.78. The third-order valence-corrected chi connectivity index (χ3v) is 7.65. The number of hydrogen-bond acceptors (Lipinski definition) is 1. The first kappa shape index (κ1) is 19.3. The summed E-state index contributed by atoms with van der Waals surface area (Å²) >= 11 is 6.95. The normalized spacial score (nSPS) is 14.6. The van der Waals surface area contributed by atoms with Crippen LogP contribution in [0, 0.1) is 0 Å². The Morgan fingerprint density at radius 3 is 2.19 bits per heavy atom. The van der Waals surface area contributed by atoms with Gasteiger partial charge in [-0.2, -0.15) is 11.1 Å². The molecule has 0 fully saturated rings. The third-order valence-electron chi connectivity index (χ3n) is 5.19. The Morgan fingerprint density at radius 2 is 1.69 bits per heavy atom. The van der Waals surface area contributed by atoms with E-state index < -0.39 is 7.38 Å². The fourth-order valence-electron chi connectivity index (χ4n) is 4.20. The van der Waals surface area contributed by atoms with Gasteiger partial charge in [-0.25, -0.2) is 0 Å². The average molecular weight is 385 g/mol. The Bertz CT molecular complexity index is 868. The molecule has 0 spiro atoms. The quantitative estimate of drug-likeness (QED) is 0.410. The van der Waals surface area contributed by atoms with Crippen LogP contribution in [0.4, 0.5) is 0 Å². The number of methoxy groups -OCH3 is 1. The van der Waals surface area contributed by atoms with Gasteiger partial charge in [0.15, 0.2) is 7.38 Å². The van der Waals surface area contributed by atoms with E-state index in [-0.39, 0.29) is 5.41 Å². The van der Waals surface area contributed by atoms with Crippen LogP contribution in [0.2, 0.25) is 13.1 Å². The number of hydrogen-bond donors (Lipinski definition) is 0. The van der Waals surface area contributed by atoms with Crippen molar-refractivity contribution in [2.24, 2.45) is 0 Å². The standard InChI is InChI=1S/C23H29ClOSi/c1-15-13-17-18(22(15)26(6,7)24)14-19(23(2,3)4)21(25-5)20(17)16-11-9-8-10-12-16/h8-12,14H,13H2,1-7H3. The molecular formula is C23H29ClOSi. The molecule has 1 aliphatic carbocycles. The van der Waals surface area contributed by atoms with Crippen molar-refractivity contribution in [3.05, 3.63) is 58.7 Å². The van der Waals surface area contributed by atoms with E-state index in [1.54, 1.807) is 7.11 Å². The molecule has 0 heterocycles. The molecule has 2 aromatic carbocycles. The first-order valence-electron chi connectivity index (χ1n) is 9.25. The maximum Gasteiger partial charge on any atom is 0.181 e. The van der Waals surface area contributed by atoms with Crippen LogP contribution in [0.5, 0.6) is 5.75 Å². The van der Waals surface area contributed by atoms with Gasteiger partial charge < -0.3 is 4.74 Å². The number of allylic oxidation sites excluding steroid dienone is 1. The second kappa shape index (κ2) is 6.58. The van der Waals surface area contributed by atoms with Gasteiger partial charge in [0.1, 0.15) is 5.75 Å². The van der Waals surface area contributed by atoms with Gasteiger partial charge in [0.05, 0.1) is 7.11 Å². The van der Waals surface area contributed by atoms with E-state index in [2.05, 4.69) is 77.2 Å². The van der Waals surface area contributed by atoms with Crippen molar-refractivity contribution in [1.29, 1.82) is 0 Å². The Labute approximate surface area is 163 Å². The van der Waals surface area contributed by atoms with Gasteiger partial charge in [0, 0.05) is 11.1 Å². The lowest BCUT2D eigenvalue weighted by molar-refractivity contribution is 0.399. The first-order chi connectivity index (χ1) is 12.1. The summed E-state index contributed by atoms with van der Waals surface area (Å²) < 4.78 is 6.00. The monoisotopic (exact) mass is 384 g/mol. The first-order valence-corrected chi connectivity index (χ1v) is 13.3. The van der Waals surface area contributed by atoms with Crippen molar-refractivity contribution in [2.75, 3.05) is 7.11 Å². The molecule has 0 saturated heterocycles. The third kappa shape index (κ3) is 3.25. The van der Waals surface area contributed by atoms with Crippen LogP contribution in [-0.4, -0.2) is 14.5 Å². The molecule has 0 aromatic heterocycles. The molecule has 0 radical (unpaired) electrons. The SMILES string of the molecule is COc1c(C(C)(C)C)cc2c(c1-c1ccccc1)CC(C)=C2[Si](C)(C)Cl. The summed E-state index contributed by atoms with van der Waals surface area (Å²) in [5.41, 5.74) is 7.82. The van der Waals surface area contributed by atoms with E-state index in [4.69, 9.17) is 15.8 Å². The Morgan fingerprint density at radius 1 is 1.08 bits per heavy atom. The summed E-state index contributed by atoms with van der Waals surface area (Å²) in [6.45, 7) is 13.4. The molecule has 3 heteroatoms. The summed E-state index contributed by atoms with van der Waals surface area (Å²) in [7, 11) is -0.169. The molecule has 0 atom stereocenters. The fraction of sp³-hybridized carbons (Fsp3) is 0.391. The number of halogens is 1. The summed E-state index contributed by atoms with van der Waals surface area (Å²) in [5.74, 6) is 1.01. The summed E-state index contributed by atoms with van der Waals surface area (Å²) in [5, 5.41) is 1.40. The summed E-state index contributed by atoms with van der Waals surface area (Å²) in [6, 6.07) is 13.0. The molecule has 0 unspecified atom stereocenters. The van der Waals surface area contributed by atoms with E-state index in [9.17, 15) is 0 Å². The number of ether oxygens (including phenoxy) is 1. The van der Waals surface area contributed by atoms with Gasteiger partial charge in [-0.1, -0.05) is 69.8 Å². The predicted molar refractivity (Wildman–Crippen MR) is 117 cm³/mol. The maximum atomic E-state index is 6.95. The van der Waals surface area contributed by atoms with Crippen LogP contribution in [0.15, 0.2) is 42.0 Å². The van der Waals surface area contributed by atoms with E-state index >= 15 is 0 Å². The largest absolute Gasteiger partial charge is 0.496 e. The highest BCUT2D eigenvalue weighted by molar-refractivity contribution is 7.29. The van der Waals surface area contributed by atoms with Crippen molar-refractivity contribution in [3.63, 3.8) is 0 Å². The van der Waals surface area contributed by atoms with Crippen molar-refractivity contribution in [3.8, 4) is 16.9 Å². The fourth-order valence-corrected chi connectivity index (χ4v) is 6.96. The van der Waals surface area contributed by atoms with Crippen LogP contribution in [0.1, 0.15) is 44.4 Å². The van der Waals surface area contributed by atoms with Crippen LogP contribution in [-0.2, 0) is 11.8 Å². The van der Waals surface area contributed by atoms with Crippen molar-refractivity contribution < 1.29 is 4.74 Å². The summed E-state index contributed by atoms with van der Waals surface area (Å²) in [4.78, 5) is 0. The van der Waals surface area contributed by atoms with Gasteiger partial charge in [-0.15, -0.1) is 0 Å². The zero-order chi connectivity index (χ0) is 19.3. The molecule has 0 saturated carbocycles. The lowest BCUT2D eigenvalue weighted by Crippen LogP contribution is -2.21.